The molecule has 1 aliphatic heterocycles. The molecule has 0 bridgehead atoms. The van der Waals surface area contributed by atoms with Crippen LogP contribution in [0.3, 0.4) is 0 Å². The van der Waals surface area contributed by atoms with Crippen LogP contribution in [0.5, 0.6) is 0 Å². The van der Waals surface area contributed by atoms with Gasteiger partial charge in [0.15, 0.2) is 0 Å². The highest BCUT2D eigenvalue weighted by Gasteiger charge is 2.22. The van der Waals surface area contributed by atoms with Gasteiger partial charge in [-0.2, -0.15) is 0 Å². The number of anilines is 1. The third-order valence-corrected chi connectivity index (χ3v) is 3.78. The molecule has 1 unspecified atom stereocenters. The van der Waals surface area contributed by atoms with Crippen LogP contribution in [0.4, 0.5) is 5.82 Å². The predicted molar refractivity (Wildman–Crippen MR) is 83.1 cm³/mol. The molecule has 1 atom stereocenters. The summed E-state index contributed by atoms with van der Waals surface area (Å²) in [7, 11) is 2.12. The van der Waals surface area contributed by atoms with Gasteiger partial charge >= 0.3 is 0 Å². The Morgan fingerprint density at radius 3 is 2.90 bits per heavy atom. The van der Waals surface area contributed by atoms with Gasteiger partial charge in [0.2, 0.25) is 0 Å². The van der Waals surface area contributed by atoms with Crippen molar-refractivity contribution >= 4 is 5.82 Å². The fourth-order valence-corrected chi connectivity index (χ4v) is 2.60. The van der Waals surface area contributed by atoms with E-state index in [0.29, 0.717) is 12.0 Å². The van der Waals surface area contributed by atoms with E-state index in [9.17, 15) is 0 Å². The molecule has 20 heavy (non-hydrogen) atoms. The molecule has 0 aliphatic carbocycles. The van der Waals surface area contributed by atoms with Crippen molar-refractivity contribution < 1.29 is 4.74 Å². The van der Waals surface area contributed by atoms with Gasteiger partial charge < -0.3 is 15.0 Å². The molecule has 2 heterocycles. The molecule has 112 valence electrons. The Hall–Kier alpha value is -1.13. The van der Waals surface area contributed by atoms with E-state index in [0.717, 1.165) is 38.5 Å². The molecule has 1 aromatic heterocycles. The summed E-state index contributed by atoms with van der Waals surface area (Å²) in [6, 6.07) is 2.70. The molecular formula is C16H27N3O. The van der Waals surface area contributed by atoms with Crippen molar-refractivity contribution in [2.75, 3.05) is 31.7 Å². The van der Waals surface area contributed by atoms with Crippen LogP contribution in [0, 0.1) is 12.8 Å². The summed E-state index contributed by atoms with van der Waals surface area (Å²) < 4.78 is 5.46. The van der Waals surface area contributed by atoms with Crippen molar-refractivity contribution in [2.24, 2.45) is 5.92 Å². The van der Waals surface area contributed by atoms with Crippen LogP contribution in [0.25, 0.3) is 0 Å². The summed E-state index contributed by atoms with van der Waals surface area (Å²) in [4.78, 5) is 6.91. The molecule has 4 nitrogen and oxygen atoms in total. The van der Waals surface area contributed by atoms with E-state index < -0.39 is 0 Å². The number of aromatic nitrogens is 1. The molecule has 1 saturated heterocycles. The highest BCUT2D eigenvalue weighted by molar-refractivity contribution is 5.47. The van der Waals surface area contributed by atoms with E-state index in [1.54, 1.807) is 0 Å². The molecular weight excluding hydrogens is 250 g/mol. The quantitative estimate of drug-likeness (QED) is 0.866. The largest absolute Gasteiger partial charge is 0.379 e. The van der Waals surface area contributed by atoms with Crippen molar-refractivity contribution in [1.29, 1.82) is 0 Å². The smallest absolute Gasteiger partial charge is 0.131 e. The first-order chi connectivity index (χ1) is 9.58. The number of aryl methyl sites for hydroxylation is 1. The van der Waals surface area contributed by atoms with E-state index in [-0.39, 0.29) is 0 Å². The molecule has 0 spiro atoms. The summed E-state index contributed by atoms with van der Waals surface area (Å²) in [6.45, 7) is 10.2. The highest BCUT2D eigenvalue weighted by atomic mass is 16.5. The van der Waals surface area contributed by atoms with Crippen LogP contribution in [0.1, 0.15) is 31.4 Å². The van der Waals surface area contributed by atoms with E-state index >= 15 is 0 Å². The van der Waals surface area contributed by atoms with Gasteiger partial charge in [-0.1, -0.05) is 13.8 Å². The van der Waals surface area contributed by atoms with Crippen LogP contribution in [-0.4, -0.2) is 37.8 Å². The maximum absolute atomic E-state index is 5.46. The van der Waals surface area contributed by atoms with Gasteiger partial charge in [-0.3, -0.25) is 0 Å². The number of ether oxygens (including phenoxy) is 1. The lowest BCUT2D eigenvalue weighted by atomic mass is 10.1. The van der Waals surface area contributed by atoms with Crippen LogP contribution in [0.15, 0.2) is 12.3 Å². The average Bonchev–Trinajstić information content (AvgIpc) is 2.91. The number of nitrogens with zero attached hydrogens (tertiary/aromatic N) is 2. The molecule has 0 radical (unpaired) electrons. The fraction of sp³-hybridized carbons (Fsp3) is 0.688. The second kappa shape index (κ2) is 7.04. The number of rotatable bonds is 6. The lowest BCUT2D eigenvalue weighted by Gasteiger charge is -2.26. The molecule has 2 rings (SSSR count). The zero-order chi connectivity index (χ0) is 14.5. The van der Waals surface area contributed by atoms with E-state index in [2.05, 4.69) is 49.1 Å². The molecule has 1 aromatic rings. The normalized spacial score (nSPS) is 18.8. The Bertz CT molecular complexity index is 428. The molecule has 1 N–H and O–H groups in total. The maximum atomic E-state index is 5.46. The minimum atomic E-state index is 0.464. The van der Waals surface area contributed by atoms with Crippen molar-refractivity contribution in [1.82, 2.24) is 10.3 Å². The SMILES string of the molecule is Cc1cc(CNCC(C)C)cnc1N(C)C1CCOC1. The molecule has 0 saturated carbocycles. The van der Waals surface area contributed by atoms with Gasteiger partial charge in [-0.25, -0.2) is 4.98 Å². The van der Waals surface area contributed by atoms with Crippen molar-refractivity contribution in [3.8, 4) is 0 Å². The summed E-state index contributed by atoms with van der Waals surface area (Å²) in [5, 5.41) is 3.46. The summed E-state index contributed by atoms with van der Waals surface area (Å²) in [5.41, 5.74) is 2.49. The number of hydrogen-bond donors (Lipinski definition) is 1. The van der Waals surface area contributed by atoms with Gasteiger partial charge in [-0.05, 0) is 43.0 Å². The Labute approximate surface area is 122 Å². The number of nitrogens with one attached hydrogen (secondary N) is 1. The summed E-state index contributed by atoms with van der Waals surface area (Å²) in [6.07, 6.45) is 3.08. The van der Waals surface area contributed by atoms with Crippen LogP contribution in [0.2, 0.25) is 0 Å². The summed E-state index contributed by atoms with van der Waals surface area (Å²) in [5.74, 6) is 1.75. The van der Waals surface area contributed by atoms with Crippen LogP contribution >= 0.6 is 0 Å². The maximum Gasteiger partial charge on any atom is 0.131 e. The van der Waals surface area contributed by atoms with Crippen molar-refractivity contribution in [3.05, 3.63) is 23.4 Å². The minimum absolute atomic E-state index is 0.464. The van der Waals surface area contributed by atoms with Gasteiger partial charge in [0.1, 0.15) is 5.82 Å². The van der Waals surface area contributed by atoms with Crippen molar-refractivity contribution in [2.45, 2.75) is 39.8 Å². The molecule has 4 heteroatoms. The topological polar surface area (TPSA) is 37.4 Å². The van der Waals surface area contributed by atoms with E-state index in [1.165, 1.54) is 11.1 Å². The fourth-order valence-electron chi connectivity index (χ4n) is 2.60. The van der Waals surface area contributed by atoms with Gasteiger partial charge in [-0.15, -0.1) is 0 Å². The first kappa shape index (κ1) is 15.3. The second-order valence-electron chi connectivity index (χ2n) is 6.14. The number of likely N-dealkylation sites (N-methyl/N-ethyl adjacent to an activating group) is 1. The third kappa shape index (κ3) is 3.93. The van der Waals surface area contributed by atoms with E-state index in [4.69, 9.17) is 4.74 Å². The van der Waals surface area contributed by atoms with Gasteiger partial charge in [0, 0.05) is 26.4 Å². The zero-order valence-corrected chi connectivity index (χ0v) is 13.1. The first-order valence-corrected chi connectivity index (χ1v) is 7.54. The van der Waals surface area contributed by atoms with Crippen molar-refractivity contribution in [3.63, 3.8) is 0 Å². The van der Waals surface area contributed by atoms with Gasteiger partial charge in [0.05, 0.1) is 12.6 Å². The lowest BCUT2D eigenvalue weighted by molar-refractivity contribution is 0.193. The zero-order valence-electron chi connectivity index (χ0n) is 13.1. The molecule has 0 amide bonds. The monoisotopic (exact) mass is 277 g/mol. The molecule has 0 aromatic carbocycles. The number of pyridine rings is 1. The predicted octanol–water partition coefficient (Wildman–Crippen LogP) is 2.36. The Morgan fingerprint density at radius 2 is 2.30 bits per heavy atom. The highest BCUT2D eigenvalue weighted by Crippen LogP contribution is 2.22. The van der Waals surface area contributed by atoms with Crippen LogP contribution in [-0.2, 0) is 11.3 Å². The Morgan fingerprint density at radius 1 is 1.50 bits per heavy atom. The van der Waals surface area contributed by atoms with E-state index in [1.807, 2.05) is 6.20 Å². The first-order valence-electron chi connectivity index (χ1n) is 7.54. The molecule has 1 fully saturated rings. The minimum Gasteiger partial charge on any atom is -0.379 e. The Kier molecular flexibility index (Phi) is 5.38. The number of hydrogen-bond acceptors (Lipinski definition) is 4. The second-order valence-corrected chi connectivity index (χ2v) is 6.14. The third-order valence-electron chi connectivity index (χ3n) is 3.78. The standard InChI is InChI=1S/C16H27N3O/c1-12(2)8-17-9-14-7-13(3)16(18-10-14)19(4)15-5-6-20-11-15/h7,10,12,15,17H,5-6,8-9,11H2,1-4H3. The van der Waals surface area contributed by atoms with Gasteiger partial charge in [0.25, 0.3) is 0 Å². The van der Waals surface area contributed by atoms with Crippen LogP contribution < -0.4 is 10.2 Å². The lowest BCUT2D eigenvalue weighted by Crippen LogP contribution is -2.33. The molecule has 1 aliphatic rings. The Balaban J connectivity index is 1.98. The summed E-state index contributed by atoms with van der Waals surface area (Å²) >= 11 is 0. The average molecular weight is 277 g/mol.